The maximum atomic E-state index is 3.77. The van der Waals surface area contributed by atoms with Gasteiger partial charge in [0.2, 0.25) is 0 Å². The van der Waals surface area contributed by atoms with Crippen molar-refractivity contribution in [1.82, 2.24) is 5.32 Å². The minimum Gasteiger partial charge on any atom is -0.314 e. The summed E-state index contributed by atoms with van der Waals surface area (Å²) < 4.78 is 0. The van der Waals surface area contributed by atoms with Crippen LogP contribution in [-0.2, 0) is 0 Å². The summed E-state index contributed by atoms with van der Waals surface area (Å²) in [6.07, 6.45) is 10.3. The van der Waals surface area contributed by atoms with E-state index in [1.165, 1.54) is 51.5 Å². The molecule has 0 saturated heterocycles. The Labute approximate surface area is 95.0 Å². The van der Waals surface area contributed by atoms with Crippen LogP contribution in [0.5, 0.6) is 0 Å². The maximum Gasteiger partial charge on any atom is 0.00698 e. The van der Waals surface area contributed by atoms with Crippen LogP contribution in [0.1, 0.15) is 58.8 Å². The zero-order valence-corrected chi connectivity index (χ0v) is 10.5. The van der Waals surface area contributed by atoms with Crippen LogP contribution in [0.25, 0.3) is 0 Å². The Hall–Kier alpha value is -0.0400. The fraction of sp³-hybridized carbons (Fsp3) is 1.00. The molecule has 15 heavy (non-hydrogen) atoms. The Morgan fingerprint density at radius 2 is 1.87 bits per heavy atom. The highest BCUT2D eigenvalue weighted by Crippen LogP contribution is 2.43. The van der Waals surface area contributed by atoms with Gasteiger partial charge in [0.1, 0.15) is 0 Å². The van der Waals surface area contributed by atoms with E-state index in [-0.39, 0.29) is 0 Å². The molecule has 0 heterocycles. The van der Waals surface area contributed by atoms with E-state index >= 15 is 0 Å². The summed E-state index contributed by atoms with van der Waals surface area (Å²) in [6.45, 7) is 5.87. The van der Waals surface area contributed by atoms with Gasteiger partial charge in [0.15, 0.2) is 0 Å². The predicted molar refractivity (Wildman–Crippen MR) is 65.9 cm³/mol. The average Bonchev–Trinajstić information content (AvgIpc) is 3.01. The molecule has 0 spiro atoms. The van der Waals surface area contributed by atoms with E-state index in [9.17, 15) is 0 Å². The van der Waals surface area contributed by atoms with E-state index in [1.54, 1.807) is 0 Å². The topological polar surface area (TPSA) is 12.0 Å². The lowest BCUT2D eigenvalue weighted by molar-refractivity contribution is 0.259. The van der Waals surface area contributed by atoms with Crippen LogP contribution in [0.4, 0.5) is 0 Å². The molecule has 0 aromatic rings. The highest BCUT2D eigenvalue weighted by Gasteiger charge is 2.34. The van der Waals surface area contributed by atoms with Crippen LogP contribution in [0, 0.1) is 17.8 Å². The normalized spacial score (nSPS) is 32.2. The van der Waals surface area contributed by atoms with Gasteiger partial charge < -0.3 is 5.32 Å². The molecule has 1 N–H and O–H groups in total. The summed E-state index contributed by atoms with van der Waals surface area (Å²) in [4.78, 5) is 0. The van der Waals surface area contributed by atoms with Crippen LogP contribution in [0.3, 0.4) is 0 Å². The SMILES string of the molecule is CC(C)CCNC1CCCC(C2CC2)C1. The number of rotatable bonds is 5. The van der Waals surface area contributed by atoms with Gasteiger partial charge in [-0.25, -0.2) is 0 Å². The molecule has 1 nitrogen and oxygen atoms in total. The first kappa shape index (κ1) is 11.4. The molecule has 2 aliphatic carbocycles. The van der Waals surface area contributed by atoms with Crippen LogP contribution < -0.4 is 5.32 Å². The third-order valence-corrected chi connectivity index (χ3v) is 4.16. The molecule has 2 saturated carbocycles. The highest BCUT2D eigenvalue weighted by atomic mass is 14.9. The monoisotopic (exact) mass is 209 g/mol. The smallest absolute Gasteiger partial charge is 0.00698 e. The number of hydrogen-bond donors (Lipinski definition) is 1. The minimum atomic E-state index is 0.848. The van der Waals surface area contributed by atoms with Crippen molar-refractivity contribution in [2.75, 3.05) is 6.54 Å². The first-order chi connectivity index (χ1) is 7.25. The molecule has 0 aliphatic heterocycles. The zero-order valence-electron chi connectivity index (χ0n) is 10.5. The van der Waals surface area contributed by atoms with Gasteiger partial charge in [0, 0.05) is 6.04 Å². The van der Waals surface area contributed by atoms with Crippen molar-refractivity contribution in [3.05, 3.63) is 0 Å². The maximum absolute atomic E-state index is 3.77. The van der Waals surface area contributed by atoms with Crippen molar-refractivity contribution in [3.63, 3.8) is 0 Å². The molecule has 0 aromatic carbocycles. The third kappa shape index (κ3) is 3.79. The van der Waals surface area contributed by atoms with Crippen molar-refractivity contribution in [2.24, 2.45) is 17.8 Å². The summed E-state index contributed by atoms with van der Waals surface area (Å²) >= 11 is 0. The molecule has 0 bridgehead atoms. The van der Waals surface area contributed by atoms with E-state index in [1.807, 2.05) is 0 Å². The molecule has 88 valence electrons. The van der Waals surface area contributed by atoms with E-state index in [2.05, 4.69) is 19.2 Å². The van der Waals surface area contributed by atoms with E-state index in [0.29, 0.717) is 0 Å². The Morgan fingerprint density at radius 3 is 2.53 bits per heavy atom. The standard InChI is InChI=1S/C14H27N/c1-11(2)8-9-15-14-5-3-4-13(10-14)12-6-7-12/h11-15H,3-10H2,1-2H3. The van der Waals surface area contributed by atoms with Crippen molar-refractivity contribution < 1.29 is 0 Å². The zero-order chi connectivity index (χ0) is 10.7. The first-order valence-corrected chi connectivity index (χ1v) is 6.99. The van der Waals surface area contributed by atoms with Crippen LogP contribution in [-0.4, -0.2) is 12.6 Å². The number of hydrogen-bond acceptors (Lipinski definition) is 1. The van der Waals surface area contributed by atoms with Gasteiger partial charge in [-0.1, -0.05) is 26.7 Å². The van der Waals surface area contributed by atoms with E-state index < -0.39 is 0 Å². The molecule has 0 amide bonds. The molecular weight excluding hydrogens is 182 g/mol. The third-order valence-electron chi connectivity index (χ3n) is 4.16. The van der Waals surface area contributed by atoms with Crippen LogP contribution in [0.15, 0.2) is 0 Å². The molecule has 2 aliphatic rings. The van der Waals surface area contributed by atoms with Gasteiger partial charge in [0.05, 0.1) is 0 Å². The summed E-state index contributed by atoms with van der Waals surface area (Å²) in [5, 5.41) is 3.77. The molecule has 2 rings (SSSR count). The van der Waals surface area contributed by atoms with Crippen molar-refractivity contribution in [2.45, 2.75) is 64.8 Å². The molecule has 2 unspecified atom stereocenters. The van der Waals surface area contributed by atoms with E-state index in [4.69, 9.17) is 0 Å². The van der Waals surface area contributed by atoms with Gasteiger partial charge in [-0.05, 0) is 56.4 Å². The summed E-state index contributed by atoms with van der Waals surface area (Å²) in [7, 11) is 0. The fourth-order valence-electron chi connectivity index (χ4n) is 2.98. The predicted octanol–water partition coefficient (Wildman–Crippen LogP) is 3.59. The Kier molecular flexibility index (Phi) is 4.07. The lowest BCUT2D eigenvalue weighted by Gasteiger charge is -2.30. The molecule has 0 radical (unpaired) electrons. The lowest BCUT2D eigenvalue weighted by atomic mass is 9.82. The van der Waals surface area contributed by atoms with Gasteiger partial charge in [0.25, 0.3) is 0 Å². The van der Waals surface area contributed by atoms with Crippen molar-refractivity contribution >= 4 is 0 Å². The van der Waals surface area contributed by atoms with E-state index in [0.717, 1.165) is 23.8 Å². The second-order valence-corrected chi connectivity index (χ2v) is 6.10. The summed E-state index contributed by atoms with van der Waals surface area (Å²) in [6, 6.07) is 0.850. The lowest BCUT2D eigenvalue weighted by Crippen LogP contribution is -2.35. The van der Waals surface area contributed by atoms with Gasteiger partial charge >= 0.3 is 0 Å². The Bertz CT molecular complexity index is 184. The molecular formula is C14H27N. The van der Waals surface area contributed by atoms with Crippen molar-refractivity contribution in [1.29, 1.82) is 0 Å². The average molecular weight is 209 g/mol. The van der Waals surface area contributed by atoms with Crippen molar-refractivity contribution in [3.8, 4) is 0 Å². The van der Waals surface area contributed by atoms with Gasteiger partial charge in [-0.2, -0.15) is 0 Å². The Morgan fingerprint density at radius 1 is 1.07 bits per heavy atom. The van der Waals surface area contributed by atoms with Crippen LogP contribution in [0.2, 0.25) is 0 Å². The molecule has 0 aromatic heterocycles. The largest absolute Gasteiger partial charge is 0.314 e. The minimum absolute atomic E-state index is 0.848. The summed E-state index contributed by atoms with van der Waals surface area (Å²) in [5.41, 5.74) is 0. The summed E-state index contributed by atoms with van der Waals surface area (Å²) in [5.74, 6) is 3.05. The quantitative estimate of drug-likeness (QED) is 0.729. The second kappa shape index (κ2) is 5.34. The Balaban J connectivity index is 1.63. The first-order valence-electron chi connectivity index (χ1n) is 6.99. The highest BCUT2D eigenvalue weighted by molar-refractivity contribution is 4.87. The van der Waals surface area contributed by atoms with Crippen LogP contribution >= 0.6 is 0 Å². The molecule has 2 atom stereocenters. The second-order valence-electron chi connectivity index (χ2n) is 6.10. The van der Waals surface area contributed by atoms with Gasteiger partial charge in [-0.15, -0.1) is 0 Å². The number of nitrogens with one attached hydrogen (secondary N) is 1. The molecule has 2 fully saturated rings. The van der Waals surface area contributed by atoms with Gasteiger partial charge in [-0.3, -0.25) is 0 Å². The fourth-order valence-corrected chi connectivity index (χ4v) is 2.98. The molecule has 1 heteroatoms.